The Morgan fingerprint density at radius 3 is 2.33 bits per heavy atom. The number of aliphatic hydroxyl groups is 1. The van der Waals surface area contributed by atoms with E-state index < -0.39 is 5.60 Å². The normalized spacial score (nSPS) is 24.8. The van der Waals surface area contributed by atoms with Gasteiger partial charge < -0.3 is 5.11 Å². The summed E-state index contributed by atoms with van der Waals surface area (Å²) in [6.45, 7) is 11.4. The van der Waals surface area contributed by atoms with Crippen LogP contribution in [0.4, 0.5) is 0 Å². The zero-order valence-corrected chi connectivity index (χ0v) is 8.72. The molecule has 12 heavy (non-hydrogen) atoms. The van der Waals surface area contributed by atoms with Crippen LogP contribution in [0, 0.1) is 5.41 Å². The fourth-order valence-corrected chi connectivity index (χ4v) is 1.91. The Kier molecular flexibility index (Phi) is 2.50. The van der Waals surface area contributed by atoms with E-state index in [9.17, 15) is 5.11 Å². The summed E-state index contributed by atoms with van der Waals surface area (Å²) in [5.41, 5.74) is -0.0916. The summed E-state index contributed by atoms with van der Waals surface area (Å²) < 4.78 is 0. The smallest absolute Gasteiger partial charge is 0.0718 e. The molecule has 0 amide bonds. The maximum atomic E-state index is 9.61. The summed E-state index contributed by atoms with van der Waals surface area (Å²) in [5, 5.41) is 9.61. The lowest BCUT2D eigenvalue weighted by Crippen LogP contribution is -2.37. The molecular formula is C10H21NO. The van der Waals surface area contributed by atoms with Crippen molar-refractivity contribution in [2.45, 2.75) is 39.7 Å². The summed E-state index contributed by atoms with van der Waals surface area (Å²) in [6.07, 6.45) is 1.25. The minimum Gasteiger partial charge on any atom is -0.389 e. The van der Waals surface area contributed by atoms with Gasteiger partial charge in [-0.3, -0.25) is 4.90 Å². The molecule has 0 aromatic heterocycles. The predicted octanol–water partition coefficient (Wildman–Crippen LogP) is 1.49. The molecule has 0 aromatic carbocycles. The second kappa shape index (κ2) is 3.00. The summed E-state index contributed by atoms with van der Waals surface area (Å²) in [4.78, 5) is 2.35. The minimum absolute atomic E-state index is 0.450. The van der Waals surface area contributed by atoms with Gasteiger partial charge in [0.25, 0.3) is 0 Å². The third kappa shape index (κ3) is 3.11. The maximum absolute atomic E-state index is 9.61. The van der Waals surface area contributed by atoms with Crippen LogP contribution in [0.25, 0.3) is 0 Å². The van der Waals surface area contributed by atoms with Gasteiger partial charge in [-0.05, 0) is 32.2 Å². The van der Waals surface area contributed by atoms with Gasteiger partial charge in [-0.1, -0.05) is 13.8 Å². The molecule has 0 radical (unpaired) electrons. The molecule has 0 atom stereocenters. The van der Waals surface area contributed by atoms with Crippen LogP contribution in [-0.2, 0) is 0 Å². The van der Waals surface area contributed by atoms with Crippen LogP contribution in [0.3, 0.4) is 0 Å². The molecule has 2 nitrogen and oxygen atoms in total. The zero-order valence-electron chi connectivity index (χ0n) is 8.72. The van der Waals surface area contributed by atoms with Crippen LogP contribution < -0.4 is 0 Å². The SMILES string of the molecule is CC(C)(O)CN1CCC(C)(C)C1. The number of hydrogen-bond acceptors (Lipinski definition) is 2. The van der Waals surface area contributed by atoms with E-state index in [1.165, 1.54) is 6.42 Å². The molecular weight excluding hydrogens is 150 g/mol. The Morgan fingerprint density at radius 1 is 1.42 bits per heavy atom. The Bertz CT molecular complexity index is 158. The highest BCUT2D eigenvalue weighted by Gasteiger charge is 2.31. The average molecular weight is 171 g/mol. The minimum atomic E-state index is -0.541. The van der Waals surface area contributed by atoms with Crippen molar-refractivity contribution in [1.29, 1.82) is 0 Å². The number of likely N-dealkylation sites (tertiary alicyclic amines) is 1. The molecule has 0 aromatic rings. The lowest BCUT2D eigenvalue weighted by Gasteiger charge is -2.26. The van der Waals surface area contributed by atoms with E-state index in [0.717, 1.165) is 19.6 Å². The van der Waals surface area contributed by atoms with E-state index in [1.54, 1.807) is 0 Å². The van der Waals surface area contributed by atoms with Crippen molar-refractivity contribution in [2.24, 2.45) is 5.41 Å². The van der Waals surface area contributed by atoms with Crippen molar-refractivity contribution in [1.82, 2.24) is 4.90 Å². The monoisotopic (exact) mass is 171 g/mol. The Labute approximate surface area is 75.6 Å². The van der Waals surface area contributed by atoms with E-state index in [4.69, 9.17) is 0 Å². The Balaban J connectivity index is 2.39. The largest absolute Gasteiger partial charge is 0.389 e. The number of β-amino-alcohol motifs (C(OH)–C–C–N with tert-alkyl or cyclic N) is 1. The van der Waals surface area contributed by atoms with Crippen molar-refractivity contribution in [3.8, 4) is 0 Å². The van der Waals surface area contributed by atoms with Crippen molar-refractivity contribution >= 4 is 0 Å². The van der Waals surface area contributed by atoms with Crippen LogP contribution in [-0.4, -0.2) is 35.2 Å². The van der Waals surface area contributed by atoms with Gasteiger partial charge in [-0.15, -0.1) is 0 Å². The average Bonchev–Trinajstić information content (AvgIpc) is 2.05. The van der Waals surface area contributed by atoms with E-state index in [0.29, 0.717) is 5.41 Å². The molecule has 1 saturated heterocycles. The summed E-state index contributed by atoms with van der Waals surface area (Å²) in [6, 6.07) is 0. The van der Waals surface area contributed by atoms with Crippen LogP contribution in [0.5, 0.6) is 0 Å². The lowest BCUT2D eigenvalue weighted by molar-refractivity contribution is 0.0412. The molecule has 0 aliphatic carbocycles. The molecule has 1 aliphatic heterocycles. The van der Waals surface area contributed by atoms with Gasteiger partial charge in [0.1, 0.15) is 0 Å². The fraction of sp³-hybridized carbons (Fsp3) is 1.00. The zero-order chi connectivity index (χ0) is 9.41. The first-order chi connectivity index (χ1) is 5.29. The Morgan fingerprint density at radius 2 is 2.00 bits per heavy atom. The fourth-order valence-electron chi connectivity index (χ4n) is 1.91. The van der Waals surface area contributed by atoms with E-state index >= 15 is 0 Å². The van der Waals surface area contributed by atoms with Gasteiger partial charge in [-0.2, -0.15) is 0 Å². The molecule has 1 fully saturated rings. The first-order valence-corrected chi connectivity index (χ1v) is 4.73. The van der Waals surface area contributed by atoms with Gasteiger partial charge in [0.05, 0.1) is 5.60 Å². The number of nitrogens with zero attached hydrogens (tertiary/aromatic N) is 1. The molecule has 1 rings (SSSR count). The summed E-state index contributed by atoms with van der Waals surface area (Å²) in [7, 11) is 0. The van der Waals surface area contributed by atoms with Gasteiger partial charge in [0.15, 0.2) is 0 Å². The van der Waals surface area contributed by atoms with Crippen molar-refractivity contribution < 1.29 is 5.11 Å². The van der Waals surface area contributed by atoms with E-state index in [-0.39, 0.29) is 0 Å². The first-order valence-electron chi connectivity index (χ1n) is 4.73. The lowest BCUT2D eigenvalue weighted by atomic mass is 9.93. The highest BCUT2D eigenvalue weighted by Crippen LogP contribution is 2.29. The van der Waals surface area contributed by atoms with Crippen molar-refractivity contribution in [3.63, 3.8) is 0 Å². The van der Waals surface area contributed by atoms with Crippen molar-refractivity contribution in [3.05, 3.63) is 0 Å². The summed E-state index contributed by atoms with van der Waals surface area (Å²) >= 11 is 0. The van der Waals surface area contributed by atoms with E-state index in [1.807, 2.05) is 13.8 Å². The number of rotatable bonds is 2. The van der Waals surface area contributed by atoms with E-state index in [2.05, 4.69) is 18.7 Å². The molecule has 1 aliphatic rings. The maximum Gasteiger partial charge on any atom is 0.0718 e. The highest BCUT2D eigenvalue weighted by molar-refractivity contribution is 4.85. The van der Waals surface area contributed by atoms with Crippen LogP contribution in [0.2, 0.25) is 0 Å². The quantitative estimate of drug-likeness (QED) is 0.680. The molecule has 0 spiro atoms. The molecule has 1 N–H and O–H groups in total. The first kappa shape index (κ1) is 10.0. The molecule has 0 unspecified atom stereocenters. The third-order valence-electron chi connectivity index (χ3n) is 2.37. The second-order valence-electron chi connectivity index (χ2n) is 5.44. The third-order valence-corrected chi connectivity index (χ3v) is 2.37. The van der Waals surface area contributed by atoms with Gasteiger partial charge in [0.2, 0.25) is 0 Å². The molecule has 0 bridgehead atoms. The van der Waals surface area contributed by atoms with Crippen LogP contribution >= 0.6 is 0 Å². The van der Waals surface area contributed by atoms with Crippen LogP contribution in [0.1, 0.15) is 34.1 Å². The molecule has 72 valence electrons. The van der Waals surface area contributed by atoms with Gasteiger partial charge in [-0.25, -0.2) is 0 Å². The van der Waals surface area contributed by atoms with Gasteiger partial charge in [0, 0.05) is 13.1 Å². The second-order valence-corrected chi connectivity index (χ2v) is 5.44. The van der Waals surface area contributed by atoms with Crippen LogP contribution in [0.15, 0.2) is 0 Å². The van der Waals surface area contributed by atoms with Crippen molar-refractivity contribution in [2.75, 3.05) is 19.6 Å². The molecule has 1 heterocycles. The molecule has 2 heteroatoms. The predicted molar refractivity (Wildman–Crippen MR) is 51.1 cm³/mol. The molecule has 0 saturated carbocycles. The number of hydrogen-bond donors (Lipinski definition) is 1. The highest BCUT2D eigenvalue weighted by atomic mass is 16.3. The topological polar surface area (TPSA) is 23.5 Å². The summed E-state index contributed by atoms with van der Waals surface area (Å²) in [5.74, 6) is 0. The Hall–Kier alpha value is -0.0800. The standard InChI is InChI=1S/C10H21NO/c1-9(2)5-6-11(7-9)8-10(3,4)12/h12H,5-8H2,1-4H3. The van der Waals surface area contributed by atoms with Gasteiger partial charge >= 0.3 is 0 Å².